The van der Waals surface area contributed by atoms with Crippen LogP contribution < -0.4 is 10.5 Å². The molecule has 21 heavy (non-hydrogen) atoms. The van der Waals surface area contributed by atoms with E-state index in [-0.39, 0.29) is 5.75 Å². The minimum Gasteiger partial charge on any atom is -0.435 e. The minimum atomic E-state index is -2.82. The summed E-state index contributed by atoms with van der Waals surface area (Å²) in [4.78, 5) is 4.58. The molecule has 0 saturated carbocycles. The molecule has 114 valence electrons. The van der Waals surface area contributed by atoms with E-state index in [1.54, 1.807) is 12.1 Å². The number of anilines is 1. The first-order valence-corrected chi connectivity index (χ1v) is 6.96. The van der Waals surface area contributed by atoms with Crippen molar-refractivity contribution < 1.29 is 13.5 Å². The zero-order valence-corrected chi connectivity index (χ0v) is 12.1. The highest BCUT2D eigenvalue weighted by molar-refractivity contribution is 5.71. The lowest BCUT2D eigenvalue weighted by Gasteiger charge is -2.06. The summed E-state index contributed by atoms with van der Waals surface area (Å²) in [7, 11) is 0. The van der Waals surface area contributed by atoms with Crippen LogP contribution in [0.5, 0.6) is 5.75 Å². The second-order valence-electron chi connectivity index (χ2n) is 4.66. The summed E-state index contributed by atoms with van der Waals surface area (Å²) < 4.78 is 30.6. The maximum absolute atomic E-state index is 12.1. The molecular formula is C15H19F2N3O. The SMILES string of the molecule is CCCc1nc(-c2ccc(OC(F)F)cc2)c(N)n1CC. The number of hydrogen-bond donors (Lipinski definition) is 1. The van der Waals surface area contributed by atoms with Gasteiger partial charge in [-0.05, 0) is 37.6 Å². The molecule has 2 N–H and O–H groups in total. The molecule has 1 aromatic carbocycles. The van der Waals surface area contributed by atoms with E-state index in [0.717, 1.165) is 30.8 Å². The third-order valence-corrected chi connectivity index (χ3v) is 3.23. The van der Waals surface area contributed by atoms with Gasteiger partial charge in [0.15, 0.2) is 0 Å². The van der Waals surface area contributed by atoms with Crippen molar-refractivity contribution in [3.05, 3.63) is 30.1 Å². The maximum Gasteiger partial charge on any atom is 0.387 e. The third-order valence-electron chi connectivity index (χ3n) is 3.23. The van der Waals surface area contributed by atoms with E-state index < -0.39 is 6.61 Å². The molecule has 1 heterocycles. The molecule has 4 nitrogen and oxygen atoms in total. The van der Waals surface area contributed by atoms with Crippen LogP contribution in [0, 0.1) is 0 Å². The Bertz CT molecular complexity index is 594. The van der Waals surface area contributed by atoms with Gasteiger partial charge in [-0.2, -0.15) is 8.78 Å². The molecule has 6 heteroatoms. The Morgan fingerprint density at radius 3 is 2.43 bits per heavy atom. The fraction of sp³-hybridized carbons (Fsp3) is 0.400. The Labute approximate surface area is 122 Å². The summed E-state index contributed by atoms with van der Waals surface area (Å²) in [5.41, 5.74) is 7.62. The minimum absolute atomic E-state index is 0.121. The highest BCUT2D eigenvalue weighted by Gasteiger charge is 2.15. The van der Waals surface area contributed by atoms with Crippen LogP contribution in [0.1, 0.15) is 26.1 Å². The average Bonchev–Trinajstić information content (AvgIpc) is 2.76. The second-order valence-corrected chi connectivity index (χ2v) is 4.66. The number of aryl methyl sites for hydroxylation is 1. The van der Waals surface area contributed by atoms with E-state index in [2.05, 4.69) is 16.6 Å². The predicted octanol–water partition coefficient (Wildman–Crippen LogP) is 3.71. The van der Waals surface area contributed by atoms with Crippen molar-refractivity contribution in [2.45, 2.75) is 39.8 Å². The van der Waals surface area contributed by atoms with Crippen LogP contribution >= 0.6 is 0 Å². The van der Waals surface area contributed by atoms with Crippen molar-refractivity contribution in [3.8, 4) is 17.0 Å². The van der Waals surface area contributed by atoms with Gasteiger partial charge in [0.1, 0.15) is 23.1 Å². The van der Waals surface area contributed by atoms with Gasteiger partial charge in [0.2, 0.25) is 0 Å². The fourth-order valence-corrected chi connectivity index (χ4v) is 2.29. The van der Waals surface area contributed by atoms with Crippen LogP contribution in [-0.2, 0) is 13.0 Å². The van der Waals surface area contributed by atoms with Gasteiger partial charge < -0.3 is 15.0 Å². The molecule has 0 aliphatic rings. The van der Waals surface area contributed by atoms with Gasteiger partial charge >= 0.3 is 6.61 Å². The number of nitrogen functional groups attached to an aromatic ring is 1. The summed E-state index contributed by atoms with van der Waals surface area (Å²) in [5.74, 6) is 1.67. The van der Waals surface area contributed by atoms with Crippen molar-refractivity contribution >= 4 is 5.82 Å². The van der Waals surface area contributed by atoms with E-state index in [4.69, 9.17) is 5.73 Å². The lowest BCUT2D eigenvalue weighted by Crippen LogP contribution is -2.05. The molecule has 2 aromatic rings. The van der Waals surface area contributed by atoms with E-state index in [1.807, 2.05) is 11.5 Å². The van der Waals surface area contributed by atoms with Gasteiger partial charge in [-0.3, -0.25) is 0 Å². The van der Waals surface area contributed by atoms with Gasteiger partial charge in [0.25, 0.3) is 0 Å². The molecule has 0 amide bonds. The van der Waals surface area contributed by atoms with Crippen molar-refractivity contribution in [1.29, 1.82) is 0 Å². The standard InChI is InChI=1S/C15H19F2N3O/c1-3-5-12-19-13(14(18)20(12)4-2)10-6-8-11(9-7-10)21-15(16)17/h6-9,15H,3-5,18H2,1-2H3. The molecule has 0 saturated heterocycles. The largest absolute Gasteiger partial charge is 0.435 e. The number of hydrogen-bond acceptors (Lipinski definition) is 3. The van der Waals surface area contributed by atoms with Crippen LogP contribution in [0.25, 0.3) is 11.3 Å². The second kappa shape index (κ2) is 6.56. The molecule has 2 rings (SSSR count). The summed E-state index contributed by atoms with van der Waals surface area (Å²) in [6.07, 6.45) is 1.83. The molecule has 0 fully saturated rings. The van der Waals surface area contributed by atoms with E-state index in [9.17, 15) is 8.78 Å². The molecular weight excluding hydrogens is 276 g/mol. The van der Waals surface area contributed by atoms with Crippen LogP contribution in [0.2, 0.25) is 0 Å². The molecule has 0 bridgehead atoms. The number of benzene rings is 1. The number of alkyl halides is 2. The van der Waals surface area contributed by atoms with Gasteiger partial charge in [-0.15, -0.1) is 0 Å². The molecule has 0 aliphatic carbocycles. The molecule has 0 spiro atoms. The average molecular weight is 295 g/mol. The number of ether oxygens (including phenoxy) is 1. The van der Waals surface area contributed by atoms with Gasteiger partial charge in [-0.25, -0.2) is 4.98 Å². The number of imidazole rings is 1. The summed E-state index contributed by atoms with van der Waals surface area (Å²) in [5, 5.41) is 0. The Morgan fingerprint density at radius 2 is 1.90 bits per heavy atom. The lowest BCUT2D eigenvalue weighted by atomic mass is 10.1. The Morgan fingerprint density at radius 1 is 1.24 bits per heavy atom. The lowest BCUT2D eigenvalue weighted by molar-refractivity contribution is -0.0498. The van der Waals surface area contributed by atoms with Gasteiger partial charge in [0, 0.05) is 18.5 Å². The van der Waals surface area contributed by atoms with Crippen LogP contribution in [0.4, 0.5) is 14.6 Å². The monoisotopic (exact) mass is 295 g/mol. The third kappa shape index (κ3) is 3.32. The van der Waals surface area contributed by atoms with E-state index >= 15 is 0 Å². The molecule has 1 aromatic heterocycles. The first-order valence-electron chi connectivity index (χ1n) is 6.96. The van der Waals surface area contributed by atoms with Crippen molar-refractivity contribution in [2.24, 2.45) is 0 Å². The quantitative estimate of drug-likeness (QED) is 0.884. The van der Waals surface area contributed by atoms with E-state index in [0.29, 0.717) is 11.5 Å². The summed E-state index contributed by atoms with van der Waals surface area (Å²) in [6.45, 7) is 2.03. The zero-order valence-electron chi connectivity index (χ0n) is 12.1. The van der Waals surface area contributed by atoms with Gasteiger partial charge in [0.05, 0.1) is 0 Å². The molecule has 0 atom stereocenters. The number of halogens is 2. The molecule has 0 radical (unpaired) electrons. The predicted molar refractivity (Wildman–Crippen MR) is 78.4 cm³/mol. The van der Waals surface area contributed by atoms with Crippen LogP contribution in [0.3, 0.4) is 0 Å². The number of nitrogens with two attached hydrogens (primary N) is 1. The highest BCUT2D eigenvalue weighted by Crippen LogP contribution is 2.28. The maximum atomic E-state index is 12.1. The topological polar surface area (TPSA) is 53.1 Å². The van der Waals surface area contributed by atoms with Gasteiger partial charge in [-0.1, -0.05) is 6.92 Å². The van der Waals surface area contributed by atoms with Crippen LogP contribution in [-0.4, -0.2) is 16.2 Å². The number of rotatable bonds is 6. The van der Waals surface area contributed by atoms with Crippen molar-refractivity contribution in [2.75, 3.05) is 5.73 Å². The molecule has 0 aliphatic heterocycles. The first kappa shape index (κ1) is 15.3. The summed E-state index contributed by atoms with van der Waals surface area (Å²) in [6, 6.07) is 6.36. The Hall–Kier alpha value is -2.11. The fourth-order valence-electron chi connectivity index (χ4n) is 2.29. The Kier molecular flexibility index (Phi) is 4.77. The highest BCUT2D eigenvalue weighted by atomic mass is 19.3. The molecule has 0 unspecified atom stereocenters. The van der Waals surface area contributed by atoms with E-state index in [1.165, 1.54) is 12.1 Å². The first-order chi connectivity index (χ1) is 10.1. The van der Waals surface area contributed by atoms with Crippen molar-refractivity contribution in [3.63, 3.8) is 0 Å². The Balaban J connectivity index is 2.33. The number of nitrogens with zero attached hydrogens (tertiary/aromatic N) is 2. The van der Waals surface area contributed by atoms with Crippen molar-refractivity contribution in [1.82, 2.24) is 9.55 Å². The number of aromatic nitrogens is 2. The van der Waals surface area contributed by atoms with Crippen LogP contribution in [0.15, 0.2) is 24.3 Å². The normalized spacial score (nSPS) is 11.1. The zero-order chi connectivity index (χ0) is 15.4. The smallest absolute Gasteiger partial charge is 0.387 e. The summed E-state index contributed by atoms with van der Waals surface area (Å²) >= 11 is 0.